The number of hydrogen-bond acceptors (Lipinski definition) is 4. The lowest BCUT2D eigenvalue weighted by molar-refractivity contribution is 0.0694. The quantitative estimate of drug-likeness (QED) is 0.795. The smallest absolute Gasteiger partial charge is 0.339 e. The number of aromatic nitrogens is 2. The minimum Gasteiger partial charge on any atom is -0.506 e. The molecule has 0 fully saturated rings. The van der Waals surface area contributed by atoms with E-state index in [-0.39, 0.29) is 11.3 Å². The van der Waals surface area contributed by atoms with Gasteiger partial charge >= 0.3 is 5.97 Å². The SMILES string of the molecule is O=C(O)c1cccc(-c2ncccn2)c1O. The fourth-order valence-electron chi connectivity index (χ4n) is 1.33. The standard InChI is InChI=1S/C11H8N2O3/c14-9-7(10-12-5-2-6-13-10)3-1-4-8(9)11(15)16/h1-6,14H,(H,15,16). The predicted octanol–water partition coefficient (Wildman–Crippen LogP) is 1.55. The lowest BCUT2D eigenvalue weighted by Crippen LogP contribution is -1.98. The van der Waals surface area contributed by atoms with Crippen LogP contribution >= 0.6 is 0 Å². The van der Waals surface area contributed by atoms with Crippen molar-refractivity contribution in [3.63, 3.8) is 0 Å². The maximum Gasteiger partial charge on any atom is 0.339 e. The van der Waals surface area contributed by atoms with Crippen LogP contribution in [0.15, 0.2) is 36.7 Å². The first-order chi connectivity index (χ1) is 7.70. The largest absolute Gasteiger partial charge is 0.506 e. The van der Waals surface area contributed by atoms with Crippen molar-refractivity contribution >= 4 is 5.97 Å². The number of carboxylic acid groups (broad SMARTS) is 1. The molecule has 0 amide bonds. The van der Waals surface area contributed by atoms with Gasteiger partial charge in [0.1, 0.15) is 11.3 Å². The number of phenols is 1. The zero-order valence-corrected chi connectivity index (χ0v) is 8.16. The van der Waals surface area contributed by atoms with Gasteiger partial charge in [0.25, 0.3) is 0 Å². The van der Waals surface area contributed by atoms with E-state index in [1.807, 2.05) is 0 Å². The third kappa shape index (κ3) is 1.70. The molecular weight excluding hydrogens is 208 g/mol. The summed E-state index contributed by atoms with van der Waals surface area (Å²) in [4.78, 5) is 18.7. The Balaban J connectivity index is 2.59. The van der Waals surface area contributed by atoms with Crippen molar-refractivity contribution in [3.8, 4) is 17.1 Å². The van der Waals surface area contributed by atoms with E-state index in [0.717, 1.165) is 0 Å². The van der Waals surface area contributed by atoms with Crippen LogP contribution in [0.3, 0.4) is 0 Å². The molecule has 0 aliphatic heterocycles. The topological polar surface area (TPSA) is 83.3 Å². The van der Waals surface area contributed by atoms with Gasteiger partial charge in [0.05, 0.1) is 5.56 Å². The average Bonchev–Trinajstić information content (AvgIpc) is 2.30. The van der Waals surface area contributed by atoms with Crippen LogP contribution in [0.25, 0.3) is 11.4 Å². The van der Waals surface area contributed by atoms with Crippen molar-refractivity contribution in [3.05, 3.63) is 42.2 Å². The van der Waals surface area contributed by atoms with Gasteiger partial charge in [-0.1, -0.05) is 6.07 Å². The van der Waals surface area contributed by atoms with Crippen LogP contribution in [0.2, 0.25) is 0 Å². The monoisotopic (exact) mass is 216 g/mol. The normalized spacial score (nSPS) is 10.0. The number of aromatic carboxylic acids is 1. The summed E-state index contributed by atoms with van der Waals surface area (Å²) in [6.07, 6.45) is 3.05. The Kier molecular flexibility index (Phi) is 2.51. The summed E-state index contributed by atoms with van der Waals surface area (Å²) in [5.74, 6) is -1.21. The van der Waals surface area contributed by atoms with Gasteiger partial charge in [-0.3, -0.25) is 0 Å². The molecule has 0 spiro atoms. The van der Waals surface area contributed by atoms with Crippen molar-refractivity contribution in [2.45, 2.75) is 0 Å². The molecule has 5 heteroatoms. The summed E-state index contributed by atoms with van der Waals surface area (Å²) in [7, 11) is 0. The third-order valence-electron chi connectivity index (χ3n) is 2.07. The second kappa shape index (κ2) is 3.98. The Morgan fingerprint density at radius 1 is 1.12 bits per heavy atom. The van der Waals surface area contributed by atoms with Crippen molar-refractivity contribution < 1.29 is 15.0 Å². The molecule has 16 heavy (non-hydrogen) atoms. The molecule has 0 radical (unpaired) electrons. The molecule has 1 aromatic heterocycles. The van der Waals surface area contributed by atoms with Gasteiger partial charge < -0.3 is 10.2 Å². The van der Waals surface area contributed by atoms with Crippen LogP contribution in [0, 0.1) is 0 Å². The fourth-order valence-corrected chi connectivity index (χ4v) is 1.33. The van der Waals surface area contributed by atoms with E-state index in [4.69, 9.17) is 5.11 Å². The summed E-state index contributed by atoms with van der Waals surface area (Å²) in [5.41, 5.74) is 0.144. The fraction of sp³-hybridized carbons (Fsp3) is 0. The molecule has 0 saturated carbocycles. The zero-order valence-electron chi connectivity index (χ0n) is 8.16. The second-order valence-corrected chi connectivity index (χ2v) is 3.08. The number of hydrogen-bond donors (Lipinski definition) is 2. The number of aromatic hydroxyl groups is 1. The first-order valence-electron chi connectivity index (χ1n) is 4.53. The van der Waals surface area contributed by atoms with Crippen LogP contribution in [0.5, 0.6) is 5.75 Å². The first kappa shape index (κ1) is 10.1. The maximum atomic E-state index is 10.8. The Hall–Kier alpha value is -2.43. The lowest BCUT2D eigenvalue weighted by atomic mass is 10.1. The highest BCUT2D eigenvalue weighted by Gasteiger charge is 2.15. The highest BCUT2D eigenvalue weighted by molar-refractivity contribution is 5.93. The van der Waals surface area contributed by atoms with Gasteiger partial charge in [0.15, 0.2) is 5.82 Å². The van der Waals surface area contributed by atoms with E-state index < -0.39 is 5.97 Å². The summed E-state index contributed by atoms with van der Waals surface area (Å²) in [6, 6.07) is 6.07. The molecule has 0 aliphatic carbocycles. The lowest BCUT2D eigenvalue weighted by Gasteiger charge is -2.05. The highest BCUT2D eigenvalue weighted by atomic mass is 16.4. The number of benzene rings is 1. The number of nitrogens with zero attached hydrogens (tertiary/aromatic N) is 2. The number of carboxylic acids is 1. The van der Waals surface area contributed by atoms with Crippen molar-refractivity contribution in [2.24, 2.45) is 0 Å². The summed E-state index contributed by atoms with van der Waals surface area (Å²) < 4.78 is 0. The molecule has 80 valence electrons. The molecule has 0 atom stereocenters. The van der Waals surface area contributed by atoms with Gasteiger partial charge in [0.2, 0.25) is 0 Å². The van der Waals surface area contributed by atoms with Crippen molar-refractivity contribution in [2.75, 3.05) is 0 Å². The Labute approximate surface area is 91.0 Å². The number of carbonyl (C=O) groups is 1. The Morgan fingerprint density at radius 3 is 2.44 bits per heavy atom. The summed E-state index contributed by atoms with van der Waals surface area (Å²) >= 11 is 0. The Bertz CT molecular complexity index is 526. The van der Waals surface area contributed by atoms with Crippen LogP contribution in [-0.2, 0) is 0 Å². The van der Waals surface area contributed by atoms with E-state index in [1.54, 1.807) is 12.1 Å². The molecule has 0 bridgehead atoms. The zero-order chi connectivity index (χ0) is 11.5. The molecule has 2 N–H and O–H groups in total. The van der Waals surface area contributed by atoms with Crippen LogP contribution < -0.4 is 0 Å². The molecule has 5 nitrogen and oxygen atoms in total. The molecular formula is C11H8N2O3. The second-order valence-electron chi connectivity index (χ2n) is 3.08. The van der Waals surface area contributed by atoms with E-state index in [2.05, 4.69) is 9.97 Å². The maximum absolute atomic E-state index is 10.8. The van der Waals surface area contributed by atoms with Crippen LogP contribution in [-0.4, -0.2) is 26.2 Å². The summed E-state index contributed by atoms with van der Waals surface area (Å²) in [6.45, 7) is 0. The van der Waals surface area contributed by atoms with Crippen LogP contribution in [0.1, 0.15) is 10.4 Å². The molecule has 0 unspecified atom stereocenters. The minimum absolute atomic E-state index is 0.162. The van der Waals surface area contributed by atoms with Gasteiger partial charge in [-0.15, -0.1) is 0 Å². The number of para-hydroxylation sites is 1. The first-order valence-corrected chi connectivity index (χ1v) is 4.53. The molecule has 2 rings (SSSR count). The minimum atomic E-state index is -1.18. The molecule has 0 aliphatic rings. The predicted molar refractivity (Wildman–Crippen MR) is 56.1 cm³/mol. The van der Waals surface area contributed by atoms with E-state index >= 15 is 0 Å². The average molecular weight is 216 g/mol. The van der Waals surface area contributed by atoms with E-state index in [1.165, 1.54) is 24.5 Å². The van der Waals surface area contributed by atoms with Crippen molar-refractivity contribution in [1.82, 2.24) is 9.97 Å². The van der Waals surface area contributed by atoms with Gasteiger partial charge in [-0.05, 0) is 18.2 Å². The molecule has 1 heterocycles. The van der Waals surface area contributed by atoms with Crippen LogP contribution in [0.4, 0.5) is 0 Å². The number of rotatable bonds is 2. The van der Waals surface area contributed by atoms with Gasteiger partial charge in [-0.25, -0.2) is 14.8 Å². The van der Waals surface area contributed by atoms with Gasteiger partial charge in [-0.2, -0.15) is 0 Å². The highest BCUT2D eigenvalue weighted by Crippen LogP contribution is 2.29. The third-order valence-corrected chi connectivity index (χ3v) is 2.07. The molecule has 2 aromatic rings. The van der Waals surface area contributed by atoms with E-state index in [9.17, 15) is 9.90 Å². The molecule has 0 saturated heterocycles. The molecule has 1 aromatic carbocycles. The summed E-state index contributed by atoms with van der Waals surface area (Å²) in [5, 5.41) is 18.6. The Morgan fingerprint density at radius 2 is 1.81 bits per heavy atom. The van der Waals surface area contributed by atoms with E-state index in [0.29, 0.717) is 11.4 Å². The van der Waals surface area contributed by atoms with Gasteiger partial charge in [0, 0.05) is 12.4 Å². The van der Waals surface area contributed by atoms with Crippen molar-refractivity contribution in [1.29, 1.82) is 0 Å².